The quantitative estimate of drug-likeness (QED) is 0.739. The van der Waals surface area contributed by atoms with Gasteiger partial charge in [-0.15, -0.1) is 0 Å². The lowest BCUT2D eigenvalue weighted by Gasteiger charge is -2.08. The molecule has 2 heterocycles. The molecular weight excluding hydrogens is 346 g/mol. The number of imidazole rings is 1. The van der Waals surface area contributed by atoms with Crippen molar-refractivity contribution in [3.8, 4) is 0 Å². The van der Waals surface area contributed by atoms with Gasteiger partial charge in [-0.25, -0.2) is 9.97 Å². The van der Waals surface area contributed by atoms with Crippen LogP contribution in [0.1, 0.15) is 56.8 Å². The van der Waals surface area contributed by atoms with E-state index in [-0.39, 0.29) is 0 Å². The molecule has 26 heavy (non-hydrogen) atoms. The molecule has 5 nitrogen and oxygen atoms in total. The number of aromatic nitrogens is 4. The highest BCUT2D eigenvalue weighted by atomic mass is 35.5. The van der Waals surface area contributed by atoms with Crippen LogP contribution in [0.2, 0.25) is 5.02 Å². The van der Waals surface area contributed by atoms with Crippen molar-refractivity contribution in [3.63, 3.8) is 0 Å². The van der Waals surface area contributed by atoms with Crippen LogP contribution in [0.25, 0.3) is 11.2 Å². The Bertz CT molecular complexity index is 962. The summed E-state index contributed by atoms with van der Waals surface area (Å²) in [6.45, 7) is 4.98. The summed E-state index contributed by atoms with van der Waals surface area (Å²) >= 11 is 6.00. The molecule has 0 spiro atoms. The number of H-pyrrole nitrogens is 1. The lowest BCUT2D eigenvalue weighted by Crippen LogP contribution is -2.17. The smallest absolute Gasteiger partial charge is 0.176 e. The monoisotopic (exact) mass is 369 g/mol. The van der Waals surface area contributed by atoms with Crippen LogP contribution in [0.4, 0.5) is 0 Å². The Hall–Kier alpha value is -2.14. The van der Waals surface area contributed by atoms with Crippen LogP contribution in [0.5, 0.6) is 0 Å². The molecule has 0 aliphatic heterocycles. The number of fused-ring (bicyclic) bond motifs is 1. The largest absolute Gasteiger partial charge is 0.337 e. The lowest BCUT2D eigenvalue weighted by molar-refractivity contribution is 0.676. The van der Waals surface area contributed by atoms with E-state index < -0.39 is 0 Å². The minimum absolute atomic E-state index is 0.325. The maximum atomic E-state index is 6.00. The van der Waals surface area contributed by atoms with Crippen LogP contribution in [0.15, 0.2) is 35.6 Å². The Morgan fingerprint density at radius 3 is 2.65 bits per heavy atom. The lowest BCUT2D eigenvalue weighted by atomic mass is 10.2. The standard InChI is InChI=1S/C20H24ClN5/c1-13(2)18-24-17-19(23-16-5-3-4-6-16)22-12-26(20(17)25-18)11-14-7-9-15(21)10-8-14/h7-10,12-13,16H,3-6,11H2,1-2H3,(H,24,25). The van der Waals surface area contributed by atoms with E-state index in [0.29, 0.717) is 18.5 Å². The van der Waals surface area contributed by atoms with E-state index in [1.807, 2.05) is 30.6 Å². The van der Waals surface area contributed by atoms with Gasteiger partial charge in [0.25, 0.3) is 0 Å². The van der Waals surface area contributed by atoms with Crippen molar-refractivity contribution in [2.75, 3.05) is 0 Å². The first-order chi connectivity index (χ1) is 12.6. The van der Waals surface area contributed by atoms with Crippen molar-refractivity contribution in [1.29, 1.82) is 0 Å². The summed E-state index contributed by atoms with van der Waals surface area (Å²) in [5, 5.41) is 0.745. The molecule has 4 rings (SSSR count). The minimum Gasteiger partial charge on any atom is -0.337 e. The zero-order chi connectivity index (χ0) is 18.1. The highest BCUT2D eigenvalue weighted by Crippen LogP contribution is 2.21. The maximum Gasteiger partial charge on any atom is 0.176 e. The van der Waals surface area contributed by atoms with E-state index in [9.17, 15) is 0 Å². The maximum absolute atomic E-state index is 6.00. The fourth-order valence-corrected chi connectivity index (χ4v) is 3.60. The first-order valence-corrected chi connectivity index (χ1v) is 9.71. The SMILES string of the molecule is CC(C)c1nc2c([nH]1)c(=NC1CCCC1)ncn2Cc1ccc(Cl)cc1. The highest BCUT2D eigenvalue weighted by Gasteiger charge is 2.16. The number of benzene rings is 1. The number of hydrogen-bond donors (Lipinski definition) is 1. The van der Waals surface area contributed by atoms with E-state index in [2.05, 4.69) is 28.4 Å². The van der Waals surface area contributed by atoms with Crippen LogP contribution >= 0.6 is 11.6 Å². The van der Waals surface area contributed by atoms with Crippen LogP contribution in [-0.4, -0.2) is 25.6 Å². The molecule has 0 radical (unpaired) electrons. The Labute approximate surface area is 158 Å². The molecule has 136 valence electrons. The topological polar surface area (TPSA) is 58.9 Å². The summed E-state index contributed by atoms with van der Waals surface area (Å²) in [6, 6.07) is 8.29. The number of hydrogen-bond acceptors (Lipinski definition) is 3. The predicted octanol–water partition coefficient (Wildman–Crippen LogP) is 4.43. The Balaban J connectivity index is 1.79. The molecule has 0 amide bonds. The summed E-state index contributed by atoms with van der Waals surface area (Å²) < 4.78 is 2.08. The van der Waals surface area contributed by atoms with Crippen molar-refractivity contribution in [1.82, 2.24) is 19.5 Å². The van der Waals surface area contributed by atoms with Gasteiger partial charge in [0.05, 0.1) is 18.9 Å². The minimum atomic E-state index is 0.325. The number of aromatic amines is 1. The first kappa shape index (κ1) is 17.3. The van der Waals surface area contributed by atoms with Gasteiger partial charge in [-0.2, -0.15) is 0 Å². The van der Waals surface area contributed by atoms with Crippen LogP contribution in [-0.2, 0) is 6.54 Å². The van der Waals surface area contributed by atoms with Gasteiger partial charge >= 0.3 is 0 Å². The molecule has 1 aliphatic carbocycles. The molecule has 0 bridgehead atoms. The van der Waals surface area contributed by atoms with Gasteiger partial charge < -0.3 is 9.55 Å². The second kappa shape index (κ2) is 7.23. The molecular formula is C20H24ClN5. The molecule has 3 aromatic rings. The summed E-state index contributed by atoms with van der Waals surface area (Å²) in [5.41, 5.74) is 3.81. The molecule has 1 aromatic carbocycles. The highest BCUT2D eigenvalue weighted by molar-refractivity contribution is 6.30. The average molecular weight is 370 g/mol. The van der Waals surface area contributed by atoms with Crippen molar-refractivity contribution in [2.24, 2.45) is 4.99 Å². The Morgan fingerprint density at radius 1 is 1.23 bits per heavy atom. The molecule has 1 N–H and O–H groups in total. The van der Waals surface area contributed by atoms with E-state index in [4.69, 9.17) is 21.6 Å². The zero-order valence-electron chi connectivity index (χ0n) is 15.2. The number of halogens is 1. The van der Waals surface area contributed by atoms with E-state index in [1.165, 1.54) is 12.8 Å². The summed E-state index contributed by atoms with van der Waals surface area (Å²) in [7, 11) is 0. The van der Waals surface area contributed by atoms with Crippen molar-refractivity contribution < 1.29 is 0 Å². The fraction of sp³-hybridized carbons (Fsp3) is 0.450. The van der Waals surface area contributed by atoms with Gasteiger partial charge in [-0.1, -0.05) is 50.4 Å². The van der Waals surface area contributed by atoms with Crippen LogP contribution in [0.3, 0.4) is 0 Å². The van der Waals surface area contributed by atoms with Crippen molar-refractivity contribution in [3.05, 3.63) is 52.5 Å². The van der Waals surface area contributed by atoms with Gasteiger partial charge in [0.1, 0.15) is 11.3 Å². The predicted molar refractivity (Wildman–Crippen MR) is 104 cm³/mol. The van der Waals surface area contributed by atoms with Crippen LogP contribution < -0.4 is 5.49 Å². The molecule has 1 aliphatic rings. The van der Waals surface area contributed by atoms with E-state index >= 15 is 0 Å². The molecule has 2 aromatic heterocycles. The van der Waals surface area contributed by atoms with E-state index in [1.54, 1.807) is 0 Å². The molecule has 0 atom stereocenters. The van der Waals surface area contributed by atoms with Crippen LogP contribution in [0, 0.1) is 0 Å². The Morgan fingerprint density at radius 2 is 1.96 bits per heavy atom. The first-order valence-electron chi connectivity index (χ1n) is 9.33. The fourth-order valence-electron chi connectivity index (χ4n) is 3.47. The van der Waals surface area contributed by atoms with E-state index in [0.717, 1.165) is 45.9 Å². The second-order valence-electron chi connectivity index (χ2n) is 7.37. The third-order valence-electron chi connectivity index (χ3n) is 4.96. The molecule has 0 saturated heterocycles. The molecule has 6 heteroatoms. The van der Waals surface area contributed by atoms with Gasteiger partial charge in [0.2, 0.25) is 0 Å². The summed E-state index contributed by atoms with van der Waals surface area (Å²) in [5.74, 6) is 1.30. The number of nitrogens with zero attached hydrogens (tertiary/aromatic N) is 4. The van der Waals surface area contributed by atoms with Gasteiger partial charge in [-0.3, -0.25) is 4.99 Å². The Kier molecular flexibility index (Phi) is 4.81. The third-order valence-corrected chi connectivity index (χ3v) is 5.21. The molecule has 0 unspecified atom stereocenters. The number of nitrogens with one attached hydrogen (secondary N) is 1. The van der Waals surface area contributed by atoms with Gasteiger partial charge in [-0.05, 0) is 30.5 Å². The molecule has 1 saturated carbocycles. The summed E-state index contributed by atoms with van der Waals surface area (Å²) in [4.78, 5) is 17.9. The third kappa shape index (κ3) is 3.54. The average Bonchev–Trinajstić information content (AvgIpc) is 3.29. The van der Waals surface area contributed by atoms with Gasteiger partial charge in [0.15, 0.2) is 11.1 Å². The molecule has 1 fully saturated rings. The van der Waals surface area contributed by atoms with Crippen molar-refractivity contribution in [2.45, 2.75) is 58.0 Å². The van der Waals surface area contributed by atoms with Crippen molar-refractivity contribution >= 4 is 22.8 Å². The zero-order valence-corrected chi connectivity index (χ0v) is 16.0. The summed E-state index contributed by atoms with van der Waals surface area (Å²) in [6.07, 6.45) is 6.71. The number of rotatable bonds is 4. The van der Waals surface area contributed by atoms with Gasteiger partial charge in [0, 0.05) is 10.9 Å². The second-order valence-corrected chi connectivity index (χ2v) is 7.80. The normalized spacial score (nSPS) is 16.2.